The van der Waals surface area contributed by atoms with Crippen LogP contribution in [0.3, 0.4) is 0 Å². The molecule has 0 aliphatic heterocycles. The van der Waals surface area contributed by atoms with Crippen molar-refractivity contribution in [2.45, 2.75) is 13.0 Å². The summed E-state index contributed by atoms with van der Waals surface area (Å²) in [5, 5.41) is 7.72. The largest absolute Gasteiger partial charge is 0.489 e. The van der Waals surface area contributed by atoms with Gasteiger partial charge in [-0.3, -0.25) is 9.59 Å². The minimum absolute atomic E-state index is 0.350. The zero-order valence-electron chi connectivity index (χ0n) is 16.3. The van der Waals surface area contributed by atoms with E-state index in [4.69, 9.17) is 27.9 Å². The van der Waals surface area contributed by atoms with E-state index in [1.54, 1.807) is 48.5 Å². The molecule has 3 rings (SSSR count). The highest BCUT2D eigenvalue weighted by atomic mass is 35.5. The molecule has 0 saturated heterocycles. The van der Waals surface area contributed by atoms with Crippen LogP contribution in [0.15, 0.2) is 77.9 Å². The van der Waals surface area contributed by atoms with Gasteiger partial charge in [-0.25, -0.2) is 5.43 Å². The molecule has 3 aromatic carbocycles. The summed E-state index contributed by atoms with van der Waals surface area (Å²) in [5.41, 5.74) is 4.67. The van der Waals surface area contributed by atoms with Crippen LogP contribution in [0.1, 0.15) is 17.5 Å². The highest BCUT2D eigenvalue weighted by molar-refractivity contribution is 6.30. The topological polar surface area (TPSA) is 79.8 Å². The first-order chi connectivity index (χ1) is 15.0. The number of hydrogen-bond acceptors (Lipinski definition) is 4. The van der Waals surface area contributed by atoms with Gasteiger partial charge < -0.3 is 10.1 Å². The second-order valence-corrected chi connectivity index (χ2v) is 7.38. The maximum atomic E-state index is 11.9. The Balaban J connectivity index is 1.41. The zero-order chi connectivity index (χ0) is 22.1. The van der Waals surface area contributed by atoms with Gasteiger partial charge in [0.25, 0.3) is 0 Å². The number of hydrazone groups is 1. The summed E-state index contributed by atoms with van der Waals surface area (Å²) in [6.45, 7) is 0.429. The standard InChI is InChI=1S/C23H19Cl2N3O3/c24-18-5-1-17(2-6-18)15-31-21-11-3-16(4-12-21)14-26-28-23(30)13-22(29)27-20-9-7-19(25)8-10-20/h1-12,14H,13,15H2,(H,27,29)(H,28,30). The second-order valence-electron chi connectivity index (χ2n) is 6.51. The molecule has 0 spiro atoms. The van der Waals surface area contributed by atoms with Gasteiger partial charge >= 0.3 is 0 Å². The Kier molecular flexibility index (Phi) is 8.04. The Morgan fingerprint density at radius 2 is 1.45 bits per heavy atom. The Hall–Kier alpha value is -3.35. The highest BCUT2D eigenvalue weighted by Gasteiger charge is 2.09. The fraction of sp³-hybridized carbons (Fsp3) is 0.0870. The van der Waals surface area contributed by atoms with E-state index in [1.807, 2.05) is 24.3 Å². The number of benzene rings is 3. The molecule has 0 heterocycles. The van der Waals surface area contributed by atoms with E-state index in [-0.39, 0.29) is 6.42 Å². The molecule has 0 aliphatic rings. The van der Waals surface area contributed by atoms with E-state index < -0.39 is 11.8 Å². The number of halogens is 2. The Labute approximate surface area is 189 Å². The summed E-state index contributed by atoms with van der Waals surface area (Å²) in [7, 11) is 0. The molecule has 0 unspecified atom stereocenters. The number of carbonyl (C=O) groups is 2. The van der Waals surface area contributed by atoms with Gasteiger partial charge in [-0.05, 0) is 71.8 Å². The molecule has 0 radical (unpaired) electrons. The predicted molar refractivity (Wildman–Crippen MR) is 123 cm³/mol. The molecule has 31 heavy (non-hydrogen) atoms. The van der Waals surface area contributed by atoms with Crippen LogP contribution in [0.25, 0.3) is 0 Å². The lowest BCUT2D eigenvalue weighted by Crippen LogP contribution is -2.24. The van der Waals surface area contributed by atoms with Crippen molar-refractivity contribution < 1.29 is 14.3 Å². The van der Waals surface area contributed by atoms with Crippen LogP contribution in [0.2, 0.25) is 10.0 Å². The van der Waals surface area contributed by atoms with E-state index >= 15 is 0 Å². The molecule has 158 valence electrons. The van der Waals surface area contributed by atoms with Crippen LogP contribution >= 0.6 is 23.2 Å². The number of anilines is 1. The number of nitrogens with zero attached hydrogens (tertiary/aromatic N) is 1. The molecule has 0 bridgehead atoms. The number of rotatable bonds is 8. The molecule has 2 N–H and O–H groups in total. The zero-order valence-corrected chi connectivity index (χ0v) is 17.9. The maximum absolute atomic E-state index is 11.9. The van der Waals surface area contributed by atoms with E-state index in [1.165, 1.54) is 6.21 Å². The summed E-state index contributed by atoms with van der Waals surface area (Å²) in [4.78, 5) is 23.7. The Morgan fingerprint density at radius 3 is 2.10 bits per heavy atom. The average Bonchev–Trinajstić information content (AvgIpc) is 2.76. The van der Waals surface area contributed by atoms with Crippen LogP contribution < -0.4 is 15.5 Å². The fourth-order valence-corrected chi connectivity index (χ4v) is 2.75. The lowest BCUT2D eigenvalue weighted by atomic mass is 10.2. The van der Waals surface area contributed by atoms with E-state index in [9.17, 15) is 9.59 Å². The Bertz CT molecular complexity index is 1050. The molecular formula is C23H19Cl2N3O3. The fourth-order valence-electron chi connectivity index (χ4n) is 2.50. The number of ether oxygens (including phenoxy) is 1. The van der Waals surface area contributed by atoms with Crippen molar-refractivity contribution in [2.24, 2.45) is 5.10 Å². The van der Waals surface area contributed by atoms with Gasteiger partial charge in [-0.2, -0.15) is 5.10 Å². The first-order valence-corrected chi connectivity index (χ1v) is 10.1. The van der Waals surface area contributed by atoms with Gasteiger partial charge in [0.2, 0.25) is 11.8 Å². The first kappa shape index (κ1) is 22.3. The van der Waals surface area contributed by atoms with Gasteiger partial charge in [-0.15, -0.1) is 0 Å². The molecule has 6 nitrogen and oxygen atoms in total. The SMILES string of the molecule is O=C(CC(=O)Nc1ccc(Cl)cc1)NN=Cc1ccc(OCc2ccc(Cl)cc2)cc1. The van der Waals surface area contributed by atoms with Crippen molar-refractivity contribution >= 4 is 46.9 Å². The molecule has 0 aromatic heterocycles. The van der Waals surface area contributed by atoms with Gasteiger partial charge in [0.15, 0.2) is 0 Å². The van der Waals surface area contributed by atoms with E-state index in [0.717, 1.165) is 11.1 Å². The van der Waals surface area contributed by atoms with Crippen LogP contribution in [-0.4, -0.2) is 18.0 Å². The van der Waals surface area contributed by atoms with E-state index in [0.29, 0.717) is 28.1 Å². The van der Waals surface area contributed by atoms with Crippen molar-refractivity contribution in [1.29, 1.82) is 0 Å². The van der Waals surface area contributed by atoms with E-state index in [2.05, 4.69) is 15.8 Å². The monoisotopic (exact) mass is 455 g/mol. The molecule has 0 aliphatic carbocycles. The van der Waals surface area contributed by atoms with Crippen molar-refractivity contribution in [3.05, 3.63) is 94.0 Å². The van der Waals surface area contributed by atoms with Gasteiger partial charge in [0.1, 0.15) is 18.8 Å². The molecule has 8 heteroatoms. The molecule has 2 amide bonds. The van der Waals surface area contributed by atoms with Crippen LogP contribution in [0, 0.1) is 0 Å². The molecule has 3 aromatic rings. The normalized spacial score (nSPS) is 10.6. The average molecular weight is 456 g/mol. The number of hydrogen-bond donors (Lipinski definition) is 2. The molecule has 0 fully saturated rings. The maximum Gasteiger partial charge on any atom is 0.249 e. The lowest BCUT2D eigenvalue weighted by molar-refractivity contribution is -0.126. The summed E-state index contributed by atoms with van der Waals surface area (Å²) in [5.74, 6) is -0.266. The highest BCUT2D eigenvalue weighted by Crippen LogP contribution is 2.15. The summed E-state index contributed by atoms with van der Waals surface area (Å²) >= 11 is 11.7. The minimum Gasteiger partial charge on any atom is -0.489 e. The number of carbonyl (C=O) groups excluding carboxylic acids is 2. The smallest absolute Gasteiger partial charge is 0.249 e. The van der Waals surface area contributed by atoms with Crippen LogP contribution in [-0.2, 0) is 16.2 Å². The van der Waals surface area contributed by atoms with Gasteiger partial charge in [-0.1, -0.05) is 35.3 Å². The lowest BCUT2D eigenvalue weighted by Gasteiger charge is -2.06. The minimum atomic E-state index is -0.523. The Morgan fingerprint density at radius 1 is 0.839 bits per heavy atom. The summed E-state index contributed by atoms with van der Waals surface area (Å²) in [6.07, 6.45) is 1.13. The van der Waals surface area contributed by atoms with Crippen LogP contribution in [0.4, 0.5) is 5.69 Å². The third-order valence-electron chi connectivity index (χ3n) is 4.05. The second kappa shape index (κ2) is 11.2. The van der Waals surface area contributed by atoms with Crippen molar-refractivity contribution in [2.75, 3.05) is 5.32 Å². The molecule has 0 atom stereocenters. The van der Waals surface area contributed by atoms with Crippen molar-refractivity contribution in [3.8, 4) is 5.75 Å². The van der Waals surface area contributed by atoms with Gasteiger partial charge in [0, 0.05) is 15.7 Å². The number of nitrogens with one attached hydrogen (secondary N) is 2. The van der Waals surface area contributed by atoms with Crippen LogP contribution in [0.5, 0.6) is 5.75 Å². The van der Waals surface area contributed by atoms with Crippen molar-refractivity contribution in [1.82, 2.24) is 5.43 Å². The van der Waals surface area contributed by atoms with Gasteiger partial charge in [0.05, 0.1) is 6.21 Å². The number of amides is 2. The quantitative estimate of drug-likeness (QED) is 0.283. The third-order valence-corrected chi connectivity index (χ3v) is 4.55. The summed E-state index contributed by atoms with van der Waals surface area (Å²) in [6, 6.07) is 21.3. The predicted octanol–water partition coefficient (Wildman–Crippen LogP) is 5.05. The molecule has 0 saturated carbocycles. The third kappa shape index (κ3) is 7.77. The first-order valence-electron chi connectivity index (χ1n) is 9.32. The van der Waals surface area contributed by atoms with Crippen molar-refractivity contribution in [3.63, 3.8) is 0 Å². The summed E-state index contributed by atoms with van der Waals surface area (Å²) < 4.78 is 5.72. The molecular weight excluding hydrogens is 437 g/mol.